The lowest BCUT2D eigenvalue weighted by molar-refractivity contribution is 0.0611. The number of alkyl halides is 2. The Hall–Kier alpha value is -0.260. The molecule has 1 aliphatic heterocycles. The molecule has 1 rings (SSSR count). The van der Waals surface area contributed by atoms with Gasteiger partial charge in [0, 0.05) is 19.8 Å². The maximum absolute atomic E-state index is 12.3. The first-order valence-electron chi connectivity index (χ1n) is 6.91. The van der Waals surface area contributed by atoms with E-state index in [4.69, 9.17) is 9.84 Å². The molecule has 0 aromatic rings. The van der Waals surface area contributed by atoms with Crippen LogP contribution in [0.2, 0.25) is 0 Å². The highest BCUT2D eigenvalue weighted by Gasteiger charge is 2.14. The van der Waals surface area contributed by atoms with Gasteiger partial charge in [0.2, 0.25) is 0 Å². The van der Waals surface area contributed by atoms with Crippen molar-refractivity contribution in [2.24, 2.45) is 5.92 Å². The molecule has 1 N–H and O–H groups in total. The lowest BCUT2D eigenvalue weighted by Crippen LogP contribution is -2.32. The molecule has 0 saturated carbocycles. The first-order valence-corrected chi connectivity index (χ1v) is 6.91. The number of ether oxygens (including phenoxy) is 1. The van der Waals surface area contributed by atoms with E-state index in [0.717, 1.165) is 44.8 Å². The van der Waals surface area contributed by atoms with E-state index in [-0.39, 0.29) is 13.2 Å². The Kier molecular flexibility index (Phi) is 8.46. The maximum Gasteiger partial charge on any atom is 0.251 e. The summed E-state index contributed by atoms with van der Waals surface area (Å²) in [6.45, 7) is 2.47. The highest BCUT2D eigenvalue weighted by atomic mass is 19.3. The SMILES string of the molecule is OCCN(CCCCC1CCOCC1)CC(F)F. The first-order chi connectivity index (χ1) is 8.72. The standard InChI is InChI=1S/C13H25F2NO2/c14-13(15)11-16(7-8-17)6-2-1-3-12-4-9-18-10-5-12/h12-13,17H,1-11H2. The Morgan fingerprint density at radius 3 is 2.50 bits per heavy atom. The van der Waals surface area contributed by atoms with Gasteiger partial charge in [0.15, 0.2) is 0 Å². The third-order valence-corrected chi connectivity index (χ3v) is 3.49. The highest BCUT2D eigenvalue weighted by molar-refractivity contribution is 4.65. The summed E-state index contributed by atoms with van der Waals surface area (Å²) in [5.41, 5.74) is 0. The normalized spacial score (nSPS) is 17.8. The van der Waals surface area contributed by atoms with Crippen molar-refractivity contribution in [3.63, 3.8) is 0 Å². The summed E-state index contributed by atoms with van der Waals surface area (Å²) >= 11 is 0. The zero-order valence-corrected chi connectivity index (χ0v) is 11.0. The second kappa shape index (κ2) is 9.64. The molecule has 0 amide bonds. The lowest BCUT2D eigenvalue weighted by Gasteiger charge is -2.23. The fourth-order valence-corrected chi connectivity index (χ4v) is 2.43. The molecule has 0 atom stereocenters. The first kappa shape index (κ1) is 15.8. The molecule has 1 aliphatic rings. The van der Waals surface area contributed by atoms with E-state index in [1.807, 2.05) is 0 Å². The van der Waals surface area contributed by atoms with E-state index in [1.54, 1.807) is 4.90 Å². The van der Waals surface area contributed by atoms with Crippen LogP contribution in [0.15, 0.2) is 0 Å². The van der Waals surface area contributed by atoms with Crippen molar-refractivity contribution in [1.29, 1.82) is 0 Å². The van der Waals surface area contributed by atoms with Gasteiger partial charge in [-0.05, 0) is 31.7 Å². The lowest BCUT2D eigenvalue weighted by atomic mass is 9.94. The van der Waals surface area contributed by atoms with Gasteiger partial charge in [-0.15, -0.1) is 0 Å². The molecule has 1 heterocycles. The van der Waals surface area contributed by atoms with Gasteiger partial charge in [-0.3, -0.25) is 4.90 Å². The molecule has 3 nitrogen and oxygen atoms in total. The van der Waals surface area contributed by atoms with Gasteiger partial charge in [0.25, 0.3) is 6.43 Å². The van der Waals surface area contributed by atoms with Gasteiger partial charge in [0.05, 0.1) is 13.2 Å². The molecular weight excluding hydrogens is 240 g/mol. The number of aliphatic hydroxyl groups is 1. The van der Waals surface area contributed by atoms with Crippen molar-refractivity contribution < 1.29 is 18.6 Å². The third-order valence-electron chi connectivity index (χ3n) is 3.49. The van der Waals surface area contributed by atoms with Crippen molar-refractivity contribution >= 4 is 0 Å². The van der Waals surface area contributed by atoms with Crippen LogP contribution in [0.25, 0.3) is 0 Å². The maximum atomic E-state index is 12.3. The third kappa shape index (κ3) is 7.24. The van der Waals surface area contributed by atoms with E-state index in [1.165, 1.54) is 6.42 Å². The van der Waals surface area contributed by atoms with Gasteiger partial charge in [-0.1, -0.05) is 12.8 Å². The minimum Gasteiger partial charge on any atom is -0.395 e. The van der Waals surface area contributed by atoms with E-state index >= 15 is 0 Å². The molecule has 18 heavy (non-hydrogen) atoms. The highest BCUT2D eigenvalue weighted by Crippen LogP contribution is 2.20. The summed E-state index contributed by atoms with van der Waals surface area (Å²) in [4.78, 5) is 1.65. The second-order valence-corrected chi connectivity index (χ2v) is 4.97. The number of hydrogen-bond donors (Lipinski definition) is 1. The fraction of sp³-hybridized carbons (Fsp3) is 1.00. The molecule has 0 aromatic heterocycles. The Morgan fingerprint density at radius 1 is 1.17 bits per heavy atom. The summed E-state index contributed by atoms with van der Waals surface area (Å²) in [6, 6.07) is 0. The molecule has 0 aromatic carbocycles. The molecular formula is C13H25F2NO2. The largest absolute Gasteiger partial charge is 0.395 e. The quantitative estimate of drug-likeness (QED) is 0.648. The van der Waals surface area contributed by atoms with Crippen molar-refractivity contribution in [3.8, 4) is 0 Å². The molecule has 1 fully saturated rings. The van der Waals surface area contributed by atoms with Crippen LogP contribution in [0.5, 0.6) is 0 Å². The Bertz CT molecular complexity index is 199. The van der Waals surface area contributed by atoms with E-state index in [9.17, 15) is 8.78 Å². The predicted octanol–water partition coefficient (Wildman–Crippen LogP) is 2.14. The summed E-state index contributed by atoms with van der Waals surface area (Å²) in [5.74, 6) is 0.750. The minimum absolute atomic E-state index is 0.0489. The van der Waals surface area contributed by atoms with E-state index in [2.05, 4.69) is 0 Å². The van der Waals surface area contributed by atoms with Gasteiger partial charge in [-0.25, -0.2) is 8.78 Å². The summed E-state index contributed by atoms with van der Waals surface area (Å²) in [6.07, 6.45) is 3.15. The van der Waals surface area contributed by atoms with Crippen LogP contribution >= 0.6 is 0 Å². The molecule has 1 saturated heterocycles. The number of unbranched alkanes of at least 4 members (excludes halogenated alkanes) is 1. The Morgan fingerprint density at radius 2 is 1.89 bits per heavy atom. The number of nitrogens with zero attached hydrogens (tertiary/aromatic N) is 1. The summed E-state index contributed by atoms with van der Waals surface area (Å²) in [5, 5.41) is 8.81. The summed E-state index contributed by atoms with van der Waals surface area (Å²) in [7, 11) is 0. The van der Waals surface area contributed by atoms with Crippen molar-refractivity contribution in [1.82, 2.24) is 4.90 Å². The molecule has 0 radical (unpaired) electrons. The summed E-state index contributed by atoms with van der Waals surface area (Å²) < 4.78 is 29.8. The van der Waals surface area contributed by atoms with Crippen LogP contribution in [-0.4, -0.2) is 55.9 Å². The Labute approximate surface area is 108 Å². The second-order valence-electron chi connectivity index (χ2n) is 4.97. The zero-order chi connectivity index (χ0) is 13.2. The number of hydrogen-bond acceptors (Lipinski definition) is 3. The predicted molar refractivity (Wildman–Crippen MR) is 66.9 cm³/mol. The van der Waals surface area contributed by atoms with E-state index in [0.29, 0.717) is 13.1 Å². The number of halogens is 2. The van der Waals surface area contributed by atoms with Crippen LogP contribution in [0.4, 0.5) is 8.78 Å². The number of rotatable bonds is 9. The Balaban J connectivity index is 2.06. The van der Waals surface area contributed by atoms with Crippen LogP contribution in [-0.2, 0) is 4.74 Å². The average Bonchev–Trinajstić information content (AvgIpc) is 2.35. The van der Waals surface area contributed by atoms with Gasteiger partial charge in [0.1, 0.15) is 0 Å². The van der Waals surface area contributed by atoms with Crippen molar-refractivity contribution in [2.45, 2.75) is 38.5 Å². The molecule has 0 spiro atoms. The van der Waals surface area contributed by atoms with Crippen molar-refractivity contribution in [2.75, 3.05) is 39.5 Å². The van der Waals surface area contributed by atoms with Crippen LogP contribution < -0.4 is 0 Å². The van der Waals surface area contributed by atoms with Gasteiger partial charge >= 0.3 is 0 Å². The molecule has 0 unspecified atom stereocenters. The topological polar surface area (TPSA) is 32.7 Å². The minimum atomic E-state index is -2.31. The monoisotopic (exact) mass is 265 g/mol. The number of aliphatic hydroxyl groups excluding tert-OH is 1. The zero-order valence-electron chi connectivity index (χ0n) is 11.0. The van der Waals surface area contributed by atoms with Gasteiger partial charge in [-0.2, -0.15) is 0 Å². The molecule has 108 valence electrons. The molecule has 0 aliphatic carbocycles. The average molecular weight is 265 g/mol. The van der Waals surface area contributed by atoms with Crippen LogP contribution in [0.3, 0.4) is 0 Å². The smallest absolute Gasteiger partial charge is 0.251 e. The molecule has 0 bridgehead atoms. The molecule has 5 heteroatoms. The fourth-order valence-electron chi connectivity index (χ4n) is 2.43. The van der Waals surface area contributed by atoms with Crippen LogP contribution in [0.1, 0.15) is 32.1 Å². The van der Waals surface area contributed by atoms with E-state index < -0.39 is 6.43 Å². The van der Waals surface area contributed by atoms with Crippen LogP contribution in [0, 0.1) is 5.92 Å². The van der Waals surface area contributed by atoms with Crippen molar-refractivity contribution in [3.05, 3.63) is 0 Å². The van der Waals surface area contributed by atoms with Gasteiger partial charge < -0.3 is 9.84 Å².